The van der Waals surface area contributed by atoms with Gasteiger partial charge in [-0.2, -0.15) is 0 Å². The van der Waals surface area contributed by atoms with Gasteiger partial charge in [0.1, 0.15) is 13.2 Å². The van der Waals surface area contributed by atoms with Gasteiger partial charge in [-0.3, -0.25) is 14.4 Å². The molecule has 0 aliphatic heterocycles. The molecule has 272 valence electrons. The highest BCUT2D eigenvalue weighted by Crippen LogP contribution is 2.14. The first-order chi connectivity index (χ1) is 22.5. The molecule has 0 saturated carbocycles. The lowest BCUT2D eigenvalue weighted by Gasteiger charge is -2.18. The minimum atomic E-state index is -0.755. The molecule has 0 amide bonds. The zero-order valence-electron chi connectivity index (χ0n) is 30.9. The Hall–Kier alpha value is -1.59. The van der Waals surface area contributed by atoms with Gasteiger partial charge in [0.05, 0.1) is 0 Å². The van der Waals surface area contributed by atoms with Gasteiger partial charge in [-0.1, -0.05) is 181 Å². The molecule has 6 heteroatoms. The van der Waals surface area contributed by atoms with Crippen LogP contribution in [0.5, 0.6) is 0 Å². The highest BCUT2D eigenvalue weighted by Gasteiger charge is 2.19. The van der Waals surface area contributed by atoms with Crippen LogP contribution in [0.2, 0.25) is 0 Å². The summed E-state index contributed by atoms with van der Waals surface area (Å²) < 4.78 is 16.6. The molecular weight excluding hydrogens is 576 g/mol. The number of rotatable bonds is 36. The Morgan fingerprint density at radius 3 is 0.870 bits per heavy atom. The Bertz CT molecular complexity index is 679. The Balaban J connectivity index is 4.32. The number of hydrogen-bond acceptors (Lipinski definition) is 6. The molecule has 0 radical (unpaired) electrons. The van der Waals surface area contributed by atoms with Crippen LogP contribution in [-0.4, -0.2) is 37.2 Å². The van der Waals surface area contributed by atoms with Crippen molar-refractivity contribution in [2.75, 3.05) is 13.2 Å². The lowest BCUT2D eigenvalue weighted by molar-refractivity contribution is -0.167. The molecule has 0 heterocycles. The molecular formula is C40H76O6. The van der Waals surface area contributed by atoms with Gasteiger partial charge in [0.25, 0.3) is 0 Å². The predicted molar refractivity (Wildman–Crippen MR) is 192 cm³/mol. The highest BCUT2D eigenvalue weighted by molar-refractivity contribution is 5.71. The minimum Gasteiger partial charge on any atom is -0.462 e. The molecule has 0 aromatic heterocycles. The summed E-state index contributed by atoms with van der Waals surface area (Å²) in [5.41, 5.74) is 0. The van der Waals surface area contributed by atoms with Crippen molar-refractivity contribution in [3.05, 3.63) is 0 Å². The van der Waals surface area contributed by atoms with Gasteiger partial charge in [0, 0.05) is 19.3 Å². The maximum absolute atomic E-state index is 12.6. The quantitative estimate of drug-likeness (QED) is 0.0381. The van der Waals surface area contributed by atoms with Crippen molar-refractivity contribution >= 4 is 17.9 Å². The van der Waals surface area contributed by atoms with Crippen molar-refractivity contribution in [1.82, 2.24) is 0 Å². The van der Waals surface area contributed by atoms with Gasteiger partial charge in [-0.15, -0.1) is 0 Å². The lowest BCUT2D eigenvalue weighted by Crippen LogP contribution is -2.30. The largest absolute Gasteiger partial charge is 0.462 e. The molecule has 0 aromatic rings. The Kier molecular flexibility index (Phi) is 35.0. The maximum atomic E-state index is 12.6. The summed E-state index contributed by atoms with van der Waals surface area (Å²) in [5, 5.41) is 0. The van der Waals surface area contributed by atoms with Crippen LogP contribution in [-0.2, 0) is 28.6 Å². The van der Waals surface area contributed by atoms with Crippen LogP contribution in [0, 0.1) is 0 Å². The van der Waals surface area contributed by atoms with E-state index < -0.39 is 6.10 Å². The SMILES string of the molecule is CCCCCCCCCCCCCC(=O)OCC(COC(=O)CCCCCCCCCC)OC(=O)CCCCCCCCCCC. The Morgan fingerprint density at radius 1 is 0.348 bits per heavy atom. The summed E-state index contributed by atoms with van der Waals surface area (Å²) in [4.78, 5) is 37.3. The van der Waals surface area contributed by atoms with Gasteiger partial charge in [0.2, 0.25) is 0 Å². The van der Waals surface area contributed by atoms with Crippen LogP contribution < -0.4 is 0 Å². The molecule has 46 heavy (non-hydrogen) atoms. The van der Waals surface area contributed by atoms with Crippen LogP contribution >= 0.6 is 0 Å². The van der Waals surface area contributed by atoms with E-state index in [2.05, 4.69) is 20.8 Å². The van der Waals surface area contributed by atoms with E-state index in [1.165, 1.54) is 122 Å². The van der Waals surface area contributed by atoms with Crippen LogP contribution in [0.15, 0.2) is 0 Å². The molecule has 6 nitrogen and oxygen atoms in total. The molecule has 0 aliphatic carbocycles. The number of hydrogen-bond donors (Lipinski definition) is 0. The molecule has 0 N–H and O–H groups in total. The van der Waals surface area contributed by atoms with Crippen molar-refractivity contribution < 1.29 is 28.6 Å². The normalized spacial score (nSPS) is 11.8. The first kappa shape index (κ1) is 44.4. The summed E-state index contributed by atoms with van der Waals surface area (Å²) in [6.45, 7) is 6.57. The fraction of sp³-hybridized carbons (Fsp3) is 0.925. The van der Waals surface area contributed by atoms with E-state index in [0.29, 0.717) is 19.3 Å². The Labute approximate surface area is 285 Å². The predicted octanol–water partition coefficient (Wildman–Crippen LogP) is 12.1. The van der Waals surface area contributed by atoms with Crippen molar-refractivity contribution in [3.63, 3.8) is 0 Å². The molecule has 1 atom stereocenters. The maximum Gasteiger partial charge on any atom is 0.306 e. The first-order valence-electron chi connectivity index (χ1n) is 20.0. The standard InChI is InChI=1S/C40H76O6/c1-4-7-10-13-16-19-20-22-24-27-30-33-39(42)45-36-37(35-44-38(41)32-29-26-23-18-15-12-9-6-3)46-40(43)34-31-28-25-21-17-14-11-8-5-2/h37H,4-36H2,1-3H3. The zero-order chi connectivity index (χ0) is 33.8. The topological polar surface area (TPSA) is 78.9 Å². The molecule has 1 unspecified atom stereocenters. The monoisotopic (exact) mass is 653 g/mol. The van der Waals surface area contributed by atoms with E-state index in [1.807, 2.05) is 0 Å². The number of carbonyl (C=O) groups excluding carboxylic acids is 3. The minimum absolute atomic E-state index is 0.0641. The van der Waals surface area contributed by atoms with Crippen molar-refractivity contribution in [1.29, 1.82) is 0 Å². The number of unbranched alkanes of at least 4 members (excludes halogenated alkanes) is 25. The number of ether oxygens (including phenoxy) is 3. The lowest BCUT2D eigenvalue weighted by atomic mass is 10.1. The van der Waals surface area contributed by atoms with Crippen LogP contribution in [0.1, 0.15) is 220 Å². The highest BCUT2D eigenvalue weighted by atomic mass is 16.6. The summed E-state index contributed by atoms with van der Waals surface area (Å²) in [6, 6.07) is 0. The van der Waals surface area contributed by atoms with Gasteiger partial charge in [-0.05, 0) is 19.3 Å². The fourth-order valence-electron chi connectivity index (χ4n) is 5.79. The molecule has 0 saturated heterocycles. The third kappa shape index (κ3) is 33.8. The fourth-order valence-corrected chi connectivity index (χ4v) is 5.79. The third-order valence-corrected chi connectivity index (χ3v) is 8.86. The average molecular weight is 653 g/mol. The number of carbonyl (C=O) groups is 3. The molecule has 0 fully saturated rings. The van der Waals surface area contributed by atoms with Crippen molar-refractivity contribution in [2.24, 2.45) is 0 Å². The van der Waals surface area contributed by atoms with Crippen LogP contribution in [0.4, 0.5) is 0 Å². The average Bonchev–Trinajstić information content (AvgIpc) is 3.05. The molecule has 0 aromatic carbocycles. The first-order valence-corrected chi connectivity index (χ1v) is 20.0. The second-order valence-electron chi connectivity index (χ2n) is 13.6. The number of esters is 3. The van der Waals surface area contributed by atoms with Gasteiger partial charge in [-0.25, -0.2) is 0 Å². The summed E-state index contributed by atoms with van der Waals surface area (Å²) in [7, 11) is 0. The van der Waals surface area contributed by atoms with E-state index >= 15 is 0 Å². The Morgan fingerprint density at radius 2 is 0.587 bits per heavy atom. The van der Waals surface area contributed by atoms with Crippen molar-refractivity contribution in [2.45, 2.75) is 226 Å². The molecule has 0 aliphatic rings. The zero-order valence-corrected chi connectivity index (χ0v) is 30.9. The summed E-state index contributed by atoms with van der Waals surface area (Å²) >= 11 is 0. The summed E-state index contributed by atoms with van der Waals surface area (Å²) in [6.07, 6.45) is 33.7. The molecule has 0 bridgehead atoms. The van der Waals surface area contributed by atoms with Crippen molar-refractivity contribution in [3.8, 4) is 0 Å². The van der Waals surface area contributed by atoms with Gasteiger partial charge >= 0.3 is 17.9 Å². The second-order valence-corrected chi connectivity index (χ2v) is 13.6. The second kappa shape index (κ2) is 36.2. The third-order valence-electron chi connectivity index (χ3n) is 8.86. The van der Waals surface area contributed by atoms with E-state index in [1.54, 1.807) is 0 Å². The molecule has 0 spiro atoms. The summed E-state index contributed by atoms with van der Waals surface area (Å²) in [5.74, 6) is -0.868. The van der Waals surface area contributed by atoms with Crippen LogP contribution in [0.3, 0.4) is 0 Å². The van der Waals surface area contributed by atoms with E-state index in [0.717, 1.165) is 57.8 Å². The van der Waals surface area contributed by atoms with E-state index in [4.69, 9.17) is 14.2 Å². The van der Waals surface area contributed by atoms with Gasteiger partial charge in [0.15, 0.2) is 6.10 Å². The smallest absolute Gasteiger partial charge is 0.306 e. The molecule has 0 rings (SSSR count). The van der Waals surface area contributed by atoms with E-state index in [9.17, 15) is 14.4 Å². The van der Waals surface area contributed by atoms with Gasteiger partial charge < -0.3 is 14.2 Å². The van der Waals surface area contributed by atoms with E-state index in [-0.39, 0.29) is 31.1 Å². The van der Waals surface area contributed by atoms with Crippen LogP contribution in [0.25, 0.3) is 0 Å².